The highest BCUT2D eigenvalue weighted by atomic mass is 32.2. The van der Waals surface area contributed by atoms with Crippen LogP contribution in [0.5, 0.6) is 11.5 Å². The molecule has 0 saturated carbocycles. The van der Waals surface area contributed by atoms with E-state index in [2.05, 4.69) is 5.32 Å². The number of phenols is 1. The maximum Gasteiger partial charge on any atom is 0.255 e. The minimum absolute atomic E-state index is 0.139. The smallest absolute Gasteiger partial charge is 0.255 e. The van der Waals surface area contributed by atoms with E-state index < -0.39 is 16.7 Å². The molecule has 2 N–H and O–H groups in total. The summed E-state index contributed by atoms with van der Waals surface area (Å²) in [6, 6.07) is 4.44. The van der Waals surface area contributed by atoms with Crippen LogP contribution in [0.1, 0.15) is 10.4 Å². The Balaban J connectivity index is 2.66. The lowest BCUT2D eigenvalue weighted by Crippen LogP contribution is -2.27. The van der Waals surface area contributed by atoms with Gasteiger partial charge in [-0.15, -0.1) is 0 Å². The molecule has 5 nitrogen and oxygen atoms in total. The molecule has 1 atom stereocenters. The Morgan fingerprint density at radius 1 is 1.53 bits per heavy atom. The third-order valence-electron chi connectivity index (χ3n) is 2.12. The summed E-state index contributed by atoms with van der Waals surface area (Å²) in [6.45, 7) is 0.313. The number of nitrogens with one attached hydrogen (secondary N) is 1. The van der Waals surface area contributed by atoms with Gasteiger partial charge in [0, 0.05) is 35.4 Å². The summed E-state index contributed by atoms with van der Waals surface area (Å²) in [4.78, 5) is 11.6. The van der Waals surface area contributed by atoms with Crippen LogP contribution < -0.4 is 10.1 Å². The third-order valence-corrected chi connectivity index (χ3v) is 2.90. The zero-order valence-corrected chi connectivity index (χ0v) is 10.5. The minimum atomic E-state index is -0.946. The number of carbonyl (C=O) groups is 1. The zero-order chi connectivity index (χ0) is 12.8. The van der Waals surface area contributed by atoms with Crippen molar-refractivity contribution in [2.75, 3.05) is 25.7 Å². The van der Waals surface area contributed by atoms with Gasteiger partial charge in [0.1, 0.15) is 11.5 Å². The largest absolute Gasteiger partial charge is 0.507 e. The van der Waals surface area contributed by atoms with Crippen LogP contribution in [-0.2, 0) is 10.8 Å². The molecule has 1 rings (SSSR count). The van der Waals surface area contributed by atoms with Crippen LogP contribution in [0.3, 0.4) is 0 Å². The standard InChI is InChI=1S/C11H15NO4S/c1-16-8-3-4-9(10(13)7-8)11(14)12-5-6-17(2)15/h3-4,7,13H,5-6H2,1-2H3,(H,12,14). The molecule has 0 bridgehead atoms. The van der Waals surface area contributed by atoms with E-state index in [4.69, 9.17) is 4.74 Å². The van der Waals surface area contributed by atoms with Gasteiger partial charge >= 0.3 is 0 Å². The van der Waals surface area contributed by atoms with E-state index >= 15 is 0 Å². The first-order chi connectivity index (χ1) is 8.04. The fourth-order valence-electron chi connectivity index (χ4n) is 1.23. The van der Waals surface area contributed by atoms with Crippen molar-refractivity contribution < 1.29 is 18.8 Å². The fraction of sp³-hybridized carbons (Fsp3) is 0.364. The third kappa shape index (κ3) is 4.07. The molecule has 17 heavy (non-hydrogen) atoms. The Kier molecular flexibility index (Phi) is 4.96. The van der Waals surface area contributed by atoms with Crippen LogP contribution in [0.4, 0.5) is 0 Å². The van der Waals surface area contributed by atoms with Crippen molar-refractivity contribution >= 4 is 16.7 Å². The maximum atomic E-state index is 11.6. The predicted octanol–water partition coefficient (Wildman–Crippen LogP) is 0.509. The zero-order valence-electron chi connectivity index (χ0n) is 9.73. The summed E-state index contributed by atoms with van der Waals surface area (Å²) >= 11 is 0. The molecule has 1 aromatic carbocycles. The average Bonchev–Trinajstić information content (AvgIpc) is 2.28. The molecule has 0 aliphatic carbocycles. The van der Waals surface area contributed by atoms with Gasteiger partial charge in [-0.1, -0.05) is 0 Å². The quantitative estimate of drug-likeness (QED) is 0.806. The summed E-state index contributed by atoms with van der Waals surface area (Å²) in [7, 11) is 0.531. The second kappa shape index (κ2) is 6.24. The van der Waals surface area contributed by atoms with Crippen molar-refractivity contribution in [3.8, 4) is 11.5 Å². The molecule has 0 heterocycles. The number of methoxy groups -OCH3 is 1. The fourth-order valence-corrected chi connectivity index (χ4v) is 1.62. The molecule has 0 aliphatic rings. The SMILES string of the molecule is COc1ccc(C(=O)NCCS(C)=O)c(O)c1. The van der Waals surface area contributed by atoms with Gasteiger partial charge in [-0.3, -0.25) is 9.00 Å². The minimum Gasteiger partial charge on any atom is -0.507 e. The van der Waals surface area contributed by atoms with Gasteiger partial charge in [-0.25, -0.2) is 0 Å². The van der Waals surface area contributed by atoms with Crippen LogP contribution in [0.15, 0.2) is 18.2 Å². The van der Waals surface area contributed by atoms with Crippen LogP contribution in [-0.4, -0.2) is 40.9 Å². The Labute approximate surface area is 102 Å². The molecule has 6 heteroatoms. The first-order valence-corrected chi connectivity index (χ1v) is 6.72. The number of hydrogen-bond acceptors (Lipinski definition) is 4. The molecule has 94 valence electrons. The number of aromatic hydroxyl groups is 1. The summed E-state index contributed by atoms with van der Waals surface area (Å²) in [6.07, 6.45) is 1.57. The van der Waals surface area contributed by atoms with E-state index in [9.17, 15) is 14.1 Å². The van der Waals surface area contributed by atoms with Gasteiger partial charge < -0.3 is 15.2 Å². The van der Waals surface area contributed by atoms with E-state index in [1.54, 1.807) is 12.3 Å². The molecule has 1 unspecified atom stereocenters. The van der Waals surface area contributed by atoms with E-state index in [0.717, 1.165) is 0 Å². The molecule has 0 fully saturated rings. The van der Waals surface area contributed by atoms with E-state index in [1.807, 2.05) is 0 Å². The van der Waals surface area contributed by atoms with Gasteiger partial charge in [-0.2, -0.15) is 0 Å². The highest BCUT2D eigenvalue weighted by molar-refractivity contribution is 7.84. The summed E-state index contributed by atoms with van der Waals surface area (Å²) in [5.41, 5.74) is 0.174. The van der Waals surface area contributed by atoms with Crippen molar-refractivity contribution in [3.63, 3.8) is 0 Å². The van der Waals surface area contributed by atoms with Gasteiger partial charge in [0.25, 0.3) is 5.91 Å². The molecular weight excluding hydrogens is 242 g/mol. The van der Waals surface area contributed by atoms with Crippen molar-refractivity contribution in [2.24, 2.45) is 0 Å². The van der Waals surface area contributed by atoms with E-state index in [-0.39, 0.29) is 11.3 Å². The second-order valence-corrected chi connectivity index (χ2v) is 4.97. The first-order valence-electron chi connectivity index (χ1n) is 5.00. The topological polar surface area (TPSA) is 75.6 Å². The predicted molar refractivity (Wildman–Crippen MR) is 65.9 cm³/mol. The molecule has 0 aliphatic heterocycles. The number of benzene rings is 1. The molecule has 0 spiro atoms. The Hall–Kier alpha value is -1.56. The first kappa shape index (κ1) is 13.5. The highest BCUT2D eigenvalue weighted by Crippen LogP contribution is 2.22. The lowest BCUT2D eigenvalue weighted by Gasteiger charge is -2.07. The number of rotatable bonds is 5. The summed E-state index contributed by atoms with van der Waals surface area (Å²) in [5.74, 6) is 0.339. The normalized spacial score (nSPS) is 11.9. The average molecular weight is 257 g/mol. The highest BCUT2D eigenvalue weighted by Gasteiger charge is 2.11. The summed E-state index contributed by atoms with van der Waals surface area (Å²) in [5, 5.41) is 12.2. The number of amides is 1. The van der Waals surface area contributed by atoms with Crippen LogP contribution in [0.25, 0.3) is 0 Å². The van der Waals surface area contributed by atoms with E-state index in [1.165, 1.54) is 19.2 Å². The Bertz CT molecular complexity index is 433. The molecule has 0 saturated heterocycles. The molecule has 1 aromatic rings. The number of ether oxygens (including phenoxy) is 1. The Morgan fingerprint density at radius 3 is 2.76 bits per heavy atom. The maximum absolute atomic E-state index is 11.6. The number of hydrogen-bond donors (Lipinski definition) is 2. The summed E-state index contributed by atoms with van der Waals surface area (Å²) < 4.78 is 15.7. The number of phenolic OH excluding ortho intramolecular Hbond substituents is 1. The number of carbonyl (C=O) groups excluding carboxylic acids is 1. The van der Waals surface area contributed by atoms with Gasteiger partial charge in [0.2, 0.25) is 0 Å². The lowest BCUT2D eigenvalue weighted by molar-refractivity contribution is 0.0953. The molecular formula is C11H15NO4S. The molecule has 0 aromatic heterocycles. The van der Waals surface area contributed by atoms with Crippen molar-refractivity contribution in [2.45, 2.75) is 0 Å². The monoisotopic (exact) mass is 257 g/mol. The second-order valence-electron chi connectivity index (χ2n) is 3.42. The van der Waals surface area contributed by atoms with E-state index in [0.29, 0.717) is 18.0 Å². The van der Waals surface area contributed by atoms with Crippen LogP contribution in [0, 0.1) is 0 Å². The van der Waals surface area contributed by atoms with Crippen LogP contribution >= 0.6 is 0 Å². The molecule has 0 radical (unpaired) electrons. The van der Waals surface area contributed by atoms with Crippen molar-refractivity contribution in [1.29, 1.82) is 0 Å². The van der Waals surface area contributed by atoms with Crippen LogP contribution in [0.2, 0.25) is 0 Å². The molecule has 1 amide bonds. The van der Waals surface area contributed by atoms with Crippen molar-refractivity contribution in [3.05, 3.63) is 23.8 Å². The van der Waals surface area contributed by atoms with Crippen molar-refractivity contribution in [1.82, 2.24) is 5.32 Å². The Morgan fingerprint density at radius 2 is 2.24 bits per heavy atom. The lowest BCUT2D eigenvalue weighted by atomic mass is 10.2. The van der Waals surface area contributed by atoms with Gasteiger partial charge in [0.05, 0.1) is 12.7 Å². The van der Waals surface area contributed by atoms with Gasteiger partial charge in [-0.05, 0) is 12.1 Å². The van der Waals surface area contributed by atoms with Gasteiger partial charge in [0.15, 0.2) is 0 Å².